The lowest BCUT2D eigenvalue weighted by Gasteiger charge is -2.14. The van der Waals surface area contributed by atoms with Gasteiger partial charge in [-0.2, -0.15) is 0 Å². The van der Waals surface area contributed by atoms with Crippen molar-refractivity contribution >= 4 is 29.3 Å². The van der Waals surface area contributed by atoms with Crippen LogP contribution in [-0.4, -0.2) is 32.3 Å². The first kappa shape index (κ1) is 21.6. The fourth-order valence-corrected chi connectivity index (χ4v) is 3.66. The normalized spacial score (nSPS) is 11.9. The third kappa shape index (κ3) is 5.07. The van der Waals surface area contributed by atoms with Gasteiger partial charge in [-0.05, 0) is 56.7 Å². The number of rotatable bonds is 8. The number of aryl methyl sites for hydroxylation is 1. The summed E-state index contributed by atoms with van der Waals surface area (Å²) < 4.78 is 20.1. The largest absolute Gasteiger partial charge is 0.459 e. The molecule has 2 heterocycles. The number of thioether (sulfide) groups is 1. The molecule has 10 heteroatoms. The monoisotopic (exact) mass is 431 g/mol. The van der Waals surface area contributed by atoms with E-state index in [1.54, 1.807) is 26.0 Å². The zero-order valence-electron chi connectivity index (χ0n) is 16.8. The molecule has 2 amide bonds. The van der Waals surface area contributed by atoms with Gasteiger partial charge in [-0.15, -0.1) is 10.2 Å². The topological polar surface area (TPSA) is 102 Å². The Bertz CT molecular complexity index is 1040. The van der Waals surface area contributed by atoms with Gasteiger partial charge in [0.25, 0.3) is 5.91 Å². The van der Waals surface area contributed by atoms with E-state index in [1.807, 2.05) is 11.5 Å². The summed E-state index contributed by atoms with van der Waals surface area (Å²) in [5.74, 6) is -0.0251. The predicted octanol–water partition coefficient (Wildman–Crippen LogP) is 3.56. The molecule has 0 aliphatic rings. The zero-order chi connectivity index (χ0) is 21.7. The summed E-state index contributed by atoms with van der Waals surface area (Å²) in [5.41, 5.74) is 1.21. The fraction of sp³-hybridized carbons (Fsp3) is 0.300. The maximum Gasteiger partial charge on any atom is 0.287 e. The van der Waals surface area contributed by atoms with Crippen LogP contribution in [0.4, 0.5) is 10.1 Å². The molecule has 0 fully saturated rings. The first-order valence-corrected chi connectivity index (χ1v) is 10.3. The van der Waals surface area contributed by atoms with E-state index in [0.717, 1.165) is 0 Å². The van der Waals surface area contributed by atoms with Crippen LogP contribution in [0.15, 0.2) is 46.2 Å². The minimum atomic E-state index is -0.403. The van der Waals surface area contributed by atoms with Gasteiger partial charge in [0.2, 0.25) is 5.91 Å². The predicted molar refractivity (Wildman–Crippen MR) is 111 cm³/mol. The highest BCUT2D eigenvalue weighted by molar-refractivity contribution is 7.99. The molecule has 0 bridgehead atoms. The molecule has 3 aromatic rings. The molecule has 0 aliphatic carbocycles. The lowest BCUT2D eigenvalue weighted by molar-refractivity contribution is -0.113. The Morgan fingerprint density at radius 2 is 2.10 bits per heavy atom. The van der Waals surface area contributed by atoms with Crippen LogP contribution in [0.2, 0.25) is 0 Å². The number of nitrogens with zero attached hydrogens (tertiary/aromatic N) is 3. The number of furan rings is 1. The average molecular weight is 431 g/mol. The van der Waals surface area contributed by atoms with Crippen LogP contribution >= 0.6 is 11.8 Å². The first-order chi connectivity index (χ1) is 14.4. The Morgan fingerprint density at radius 1 is 1.30 bits per heavy atom. The van der Waals surface area contributed by atoms with Crippen molar-refractivity contribution in [2.75, 3.05) is 11.1 Å². The third-order valence-electron chi connectivity index (χ3n) is 4.34. The van der Waals surface area contributed by atoms with Crippen LogP contribution in [0.25, 0.3) is 0 Å². The Morgan fingerprint density at radius 3 is 2.77 bits per heavy atom. The molecule has 0 aliphatic heterocycles. The number of aromatic nitrogens is 3. The molecule has 1 aromatic carbocycles. The summed E-state index contributed by atoms with van der Waals surface area (Å²) in [5, 5.41) is 14.5. The van der Waals surface area contributed by atoms with E-state index in [1.165, 1.54) is 36.2 Å². The second-order valence-corrected chi connectivity index (χ2v) is 7.50. The summed E-state index contributed by atoms with van der Waals surface area (Å²) in [4.78, 5) is 24.5. The number of nitrogens with one attached hydrogen (secondary N) is 2. The molecule has 158 valence electrons. The maximum atomic E-state index is 13.2. The van der Waals surface area contributed by atoms with Gasteiger partial charge in [0, 0.05) is 12.2 Å². The number of anilines is 1. The lowest BCUT2D eigenvalue weighted by Crippen LogP contribution is -2.28. The third-order valence-corrected chi connectivity index (χ3v) is 5.30. The second kappa shape index (κ2) is 9.57. The highest BCUT2D eigenvalue weighted by Crippen LogP contribution is 2.22. The molecule has 2 aromatic heterocycles. The van der Waals surface area contributed by atoms with E-state index in [-0.39, 0.29) is 29.1 Å². The minimum Gasteiger partial charge on any atom is -0.459 e. The van der Waals surface area contributed by atoms with Crippen LogP contribution < -0.4 is 10.6 Å². The summed E-state index contributed by atoms with van der Waals surface area (Å²) in [7, 11) is 0. The molecule has 0 saturated heterocycles. The van der Waals surface area contributed by atoms with E-state index < -0.39 is 6.04 Å². The van der Waals surface area contributed by atoms with Crippen molar-refractivity contribution in [3.8, 4) is 0 Å². The number of benzene rings is 1. The highest BCUT2D eigenvalue weighted by Gasteiger charge is 2.21. The van der Waals surface area contributed by atoms with Crippen LogP contribution in [0.5, 0.6) is 0 Å². The van der Waals surface area contributed by atoms with Crippen molar-refractivity contribution in [3.05, 3.63) is 59.6 Å². The van der Waals surface area contributed by atoms with Gasteiger partial charge >= 0.3 is 0 Å². The van der Waals surface area contributed by atoms with Gasteiger partial charge in [-0.25, -0.2) is 4.39 Å². The van der Waals surface area contributed by atoms with E-state index in [9.17, 15) is 14.0 Å². The lowest BCUT2D eigenvalue weighted by atomic mass is 10.2. The van der Waals surface area contributed by atoms with Gasteiger partial charge < -0.3 is 19.6 Å². The molecule has 0 saturated carbocycles. The SMILES string of the molecule is CCn1c(SCC(=O)Nc2ccc(F)cc2C)nnc1[C@@H](C)NC(=O)c1ccco1. The molecular weight excluding hydrogens is 409 g/mol. The van der Waals surface area contributed by atoms with E-state index >= 15 is 0 Å². The van der Waals surface area contributed by atoms with E-state index in [2.05, 4.69) is 20.8 Å². The smallest absolute Gasteiger partial charge is 0.287 e. The van der Waals surface area contributed by atoms with Crippen molar-refractivity contribution < 1.29 is 18.4 Å². The quantitative estimate of drug-likeness (QED) is 0.529. The van der Waals surface area contributed by atoms with Gasteiger partial charge in [0.1, 0.15) is 5.82 Å². The van der Waals surface area contributed by atoms with E-state index in [4.69, 9.17) is 4.42 Å². The Hall–Kier alpha value is -3.14. The van der Waals surface area contributed by atoms with Gasteiger partial charge in [-0.3, -0.25) is 9.59 Å². The molecule has 0 radical (unpaired) electrons. The van der Waals surface area contributed by atoms with Gasteiger partial charge in [0.15, 0.2) is 16.7 Å². The van der Waals surface area contributed by atoms with Crippen LogP contribution in [0.3, 0.4) is 0 Å². The number of hydrogen-bond donors (Lipinski definition) is 2. The molecule has 2 N–H and O–H groups in total. The zero-order valence-corrected chi connectivity index (χ0v) is 17.6. The Labute approximate surface area is 177 Å². The standard InChI is InChI=1S/C20H22FN5O3S/c1-4-26-18(13(3)22-19(28)16-6-5-9-29-16)24-25-20(26)30-11-17(27)23-15-8-7-14(21)10-12(15)2/h5-10,13H,4,11H2,1-3H3,(H,22,28)(H,23,27)/t13-/m1/s1. The number of carbonyl (C=O) groups excluding carboxylic acids is 2. The Balaban J connectivity index is 1.62. The summed E-state index contributed by atoms with van der Waals surface area (Å²) in [6.45, 7) is 6.03. The average Bonchev–Trinajstić information content (AvgIpc) is 3.38. The van der Waals surface area contributed by atoms with Crippen molar-refractivity contribution in [1.29, 1.82) is 0 Å². The molecule has 8 nitrogen and oxygen atoms in total. The fourth-order valence-electron chi connectivity index (χ4n) is 2.85. The first-order valence-electron chi connectivity index (χ1n) is 9.35. The van der Waals surface area contributed by atoms with Crippen molar-refractivity contribution in [2.24, 2.45) is 0 Å². The minimum absolute atomic E-state index is 0.113. The number of carbonyl (C=O) groups is 2. The maximum absolute atomic E-state index is 13.2. The molecule has 3 rings (SSSR count). The van der Waals surface area contributed by atoms with Gasteiger partial charge in [-0.1, -0.05) is 11.8 Å². The highest BCUT2D eigenvalue weighted by atomic mass is 32.2. The number of halogens is 1. The summed E-state index contributed by atoms with van der Waals surface area (Å²) >= 11 is 1.23. The number of hydrogen-bond acceptors (Lipinski definition) is 6. The molecule has 0 unspecified atom stereocenters. The van der Waals surface area contributed by atoms with Crippen LogP contribution in [0.1, 0.15) is 41.8 Å². The van der Waals surface area contributed by atoms with Crippen LogP contribution in [0, 0.1) is 12.7 Å². The second-order valence-electron chi connectivity index (χ2n) is 6.55. The van der Waals surface area contributed by atoms with Crippen molar-refractivity contribution in [1.82, 2.24) is 20.1 Å². The number of amides is 2. The van der Waals surface area contributed by atoms with E-state index in [0.29, 0.717) is 28.8 Å². The summed E-state index contributed by atoms with van der Waals surface area (Å²) in [6.07, 6.45) is 1.43. The van der Waals surface area contributed by atoms with Crippen LogP contribution in [-0.2, 0) is 11.3 Å². The molecule has 30 heavy (non-hydrogen) atoms. The molecule has 1 atom stereocenters. The Kier molecular flexibility index (Phi) is 6.88. The molecular formula is C20H22FN5O3S. The summed E-state index contributed by atoms with van der Waals surface area (Å²) in [6, 6.07) is 7.01. The van der Waals surface area contributed by atoms with Crippen molar-refractivity contribution in [3.63, 3.8) is 0 Å². The van der Waals surface area contributed by atoms with Crippen molar-refractivity contribution in [2.45, 2.75) is 38.5 Å². The van der Waals surface area contributed by atoms with Gasteiger partial charge in [0.05, 0.1) is 18.1 Å². The molecule has 0 spiro atoms.